The van der Waals surface area contributed by atoms with E-state index in [2.05, 4.69) is 11.1 Å². The Morgan fingerprint density at radius 2 is 2.24 bits per heavy atom. The monoisotopic (exact) mass is 250 g/mol. The van der Waals surface area contributed by atoms with Gasteiger partial charge in [0.1, 0.15) is 0 Å². The number of hydrogen-bond donors (Lipinski definition) is 1. The summed E-state index contributed by atoms with van der Waals surface area (Å²) in [6.45, 7) is 0. The SMILES string of the molecule is NC(CC1=CCCCC1)Cc1ccncc1Cl. The summed E-state index contributed by atoms with van der Waals surface area (Å²) in [7, 11) is 0. The van der Waals surface area contributed by atoms with Gasteiger partial charge in [-0.1, -0.05) is 23.3 Å². The van der Waals surface area contributed by atoms with Crippen LogP contribution in [0.2, 0.25) is 5.02 Å². The van der Waals surface area contributed by atoms with Crippen molar-refractivity contribution in [2.24, 2.45) is 5.73 Å². The smallest absolute Gasteiger partial charge is 0.0621 e. The number of nitrogens with zero attached hydrogens (tertiary/aromatic N) is 1. The molecule has 1 aliphatic rings. The molecule has 0 amide bonds. The van der Waals surface area contributed by atoms with Crippen LogP contribution in [0.5, 0.6) is 0 Å². The van der Waals surface area contributed by atoms with Gasteiger partial charge in [0.05, 0.1) is 5.02 Å². The zero-order valence-corrected chi connectivity index (χ0v) is 10.8. The van der Waals surface area contributed by atoms with Crippen LogP contribution in [-0.4, -0.2) is 11.0 Å². The lowest BCUT2D eigenvalue weighted by atomic mass is 9.92. The van der Waals surface area contributed by atoms with Gasteiger partial charge in [-0.05, 0) is 50.2 Å². The molecule has 1 unspecified atom stereocenters. The van der Waals surface area contributed by atoms with Crippen molar-refractivity contribution in [2.75, 3.05) is 0 Å². The molecular formula is C14H19ClN2. The van der Waals surface area contributed by atoms with Crippen LogP contribution in [0.25, 0.3) is 0 Å². The van der Waals surface area contributed by atoms with E-state index in [0.29, 0.717) is 0 Å². The second kappa shape index (κ2) is 6.18. The van der Waals surface area contributed by atoms with Gasteiger partial charge in [-0.25, -0.2) is 0 Å². The van der Waals surface area contributed by atoms with Crippen molar-refractivity contribution in [1.82, 2.24) is 4.98 Å². The molecule has 0 radical (unpaired) electrons. The highest BCUT2D eigenvalue weighted by molar-refractivity contribution is 6.31. The minimum atomic E-state index is 0.166. The molecule has 1 heterocycles. The topological polar surface area (TPSA) is 38.9 Å². The van der Waals surface area contributed by atoms with E-state index >= 15 is 0 Å². The molecule has 0 saturated carbocycles. The maximum atomic E-state index is 6.19. The van der Waals surface area contributed by atoms with Crippen LogP contribution in [0.4, 0.5) is 0 Å². The van der Waals surface area contributed by atoms with Gasteiger partial charge < -0.3 is 5.73 Å². The predicted octanol–water partition coefficient (Wildman–Crippen LogP) is 3.50. The van der Waals surface area contributed by atoms with Gasteiger partial charge in [0.2, 0.25) is 0 Å². The van der Waals surface area contributed by atoms with Crippen LogP contribution in [-0.2, 0) is 6.42 Å². The third kappa shape index (κ3) is 3.83. The predicted molar refractivity (Wildman–Crippen MR) is 72.1 cm³/mol. The van der Waals surface area contributed by atoms with Crippen molar-refractivity contribution >= 4 is 11.6 Å². The lowest BCUT2D eigenvalue weighted by Gasteiger charge is -2.17. The second-order valence-corrected chi connectivity index (χ2v) is 5.15. The van der Waals surface area contributed by atoms with Crippen LogP contribution >= 0.6 is 11.6 Å². The Balaban J connectivity index is 1.91. The molecule has 92 valence electrons. The summed E-state index contributed by atoms with van der Waals surface area (Å²) >= 11 is 6.08. The van der Waals surface area contributed by atoms with Crippen LogP contribution < -0.4 is 5.73 Å². The summed E-state index contributed by atoms with van der Waals surface area (Å²) in [4.78, 5) is 3.98. The molecule has 0 bridgehead atoms. The van der Waals surface area contributed by atoms with Gasteiger partial charge in [-0.2, -0.15) is 0 Å². The van der Waals surface area contributed by atoms with E-state index in [-0.39, 0.29) is 6.04 Å². The van der Waals surface area contributed by atoms with E-state index < -0.39 is 0 Å². The fraction of sp³-hybridized carbons (Fsp3) is 0.500. The van der Waals surface area contributed by atoms with E-state index in [4.69, 9.17) is 17.3 Å². The summed E-state index contributed by atoms with van der Waals surface area (Å²) in [5.74, 6) is 0. The first-order valence-corrected chi connectivity index (χ1v) is 6.65. The van der Waals surface area contributed by atoms with E-state index in [1.165, 1.54) is 31.3 Å². The average molecular weight is 251 g/mol. The van der Waals surface area contributed by atoms with E-state index in [1.807, 2.05) is 6.07 Å². The zero-order chi connectivity index (χ0) is 12.1. The first-order valence-electron chi connectivity index (χ1n) is 6.27. The average Bonchev–Trinajstić information content (AvgIpc) is 2.33. The van der Waals surface area contributed by atoms with Crippen molar-refractivity contribution in [3.05, 3.63) is 40.7 Å². The molecular weight excluding hydrogens is 232 g/mol. The Labute approximate surface area is 108 Å². The minimum Gasteiger partial charge on any atom is -0.327 e. The number of nitrogens with two attached hydrogens (primary N) is 1. The van der Waals surface area contributed by atoms with E-state index in [1.54, 1.807) is 12.4 Å². The number of aromatic nitrogens is 1. The molecule has 1 aromatic heterocycles. The maximum Gasteiger partial charge on any atom is 0.0621 e. The Hall–Kier alpha value is -0.860. The summed E-state index contributed by atoms with van der Waals surface area (Å²) in [5, 5.41) is 0.723. The summed E-state index contributed by atoms with van der Waals surface area (Å²) < 4.78 is 0. The third-order valence-electron chi connectivity index (χ3n) is 3.25. The zero-order valence-electron chi connectivity index (χ0n) is 10.0. The molecule has 3 heteroatoms. The standard InChI is InChI=1S/C14H19ClN2/c15-14-10-17-7-6-12(14)9-13(16)8-11-4-2-1-3-5-11/h4,6-7,10,13H,1-3,5,8-9,16H2. The van der Waals surface area contributed by atoms with Crippen molar-refractivity contribution in [2.45, 2.75) is 44.6 Å². The minimum absolute atomic E-state index is 0.166. The Morgan fingerprint density at radius 1 is 1.35 bits per heavy atom. The molecule has 17 heavy (non-hydrogen) atoms. The number of pyridine rings is 1. The Morgan fingerprint density at radius 3 is 2.94 bits per heavy atom. The molecule has 2 nitrogen and oxygen atoms in total. The summed E-state index contributed by atoms with van der Waals surface area (Å²) in [6.07, 6.45) is 12.7. The first-order chi connectivity index (χ1) is 8.25. The highest BCUT2D eigenvalue weighted by Crippen LogP contribution is 2.23. The second-order valence-electron chi connectivity index (χ2n) is 4.74. The normalized spacial score (nSPS) is 17.6. The van der Waals surface area contributed by atoms with Crippen molar-refractivity contribution in [3.63, 3.8) is 0 Å². The molecule has 0 aliphatic heterocycles. The summed E-state index contributed by atoms with van der Waals surface area (Å²) in [6, 6.07) is 2.12. The molecule has 1 atom stereocenters. The van der Waals surface area contributed by atoms with Gasteiger partial charge in [0.15, 0.2) is 0 Å². The maximum absolute atomic E-state index is 6.19. The molecule has 0 fully saturated rings. The molecule has 2 rings (SSSR count). The lowest BCUT2D eigenvalue weighted by molar-refractivity contribution is 0.605. The van der Waals surface area contributed by atoms with Crippen molar-refractivity contribution in [1.29, 1.82) is 0 Å². The molecule has 0 spiro atoms. The lowest BCUT2D eigenvalue weighted by Crippen LogP contribution is -2.24. The van der Waals surface area contributed by atoms with Gasteiger partial charge >= 0.3 is 0 Å². The molecule has 1 aliphatic carbocycles. The van der Waals surface area contributed by atoms with Gasteiger partial charge in [-0.3, -0.25) is 4.98 Å². The fourth-order valence-electron chi connectivity index (χ4n) is 2.35. The quantitative estimate of drug-likeness (QED) is 0.831. The number of rotatable bonds is 4. The third-order valence-corrected chi connectivity index (χ3v) is 3.59. The van der Waals surface area contributed by atoms with Crippen LogP contribution in [0.1, 0.15) is 37.7 Å². The molecule has 2 N–H and O–H groups in total. The van der Waals surface area contributed by atoms with Crippen molar-refractivity contribution < 1.29 is 0 Å². The highest BCUT2D eigenvalue weighted by Gasteiger charge is 2.11. The Bertz CT molecular complexity index is 401. The molecule has 0 saturated heterocycles. The first kappa shape index (κ1) is 12.6. The largest absolute Gasteiger partial charge is 0.327 e. The van der Waals surface area contributed by atoms with Crippen LogP contribution in [0, 0.1) is 0 Å². The van der Waals surface area contributed by atoms with Gasteiger partial charge in [0.25, 0.3) is 0 Å². The van der Waals surface area contributed by atoms with Crippen LogP contribution in [0.15, 0.2) is 30.1 Å². The highest BCUT2D eigenvalue weighted by atomic mass is 35.5. The number of hydrogen-bond acceptors (Lipinski definition) is 2. The van der Waals surface area contributed by atoms with E-state index in [9.17, 15) is 0 Å². The Kier molecular flexibility index (Phi) is 4.57. The fourth-order valence-corrected chi connectivity index (χ4v) is 2.55. The number of allylic oxidation sites excluding steroid dienone is 1. The molecule has 0 aromatic carbocycles. The van der Waals surface area contributed by atoms with Gasteiger partial charge in [0, 0.05) is 18.4 Å². The number of halogens is 1. The van der Waals surface area contributed by atoms with E-state index in [0.717, 1.165) is 23.4 Å². The summed E-state index contributed by atoms with van der Waals surface area (Å²) in [5.41, 5.74) is 8.81. The van der Waals surface area contributed by atoms with Crippen molar-refractivity contribution in [3.8, 4) is 0 Å². The van der Waals surface area contributed by atoms with Crippen LogP contribution in [0.3, 0.4) is 0 Å². The van der Waals surface area contributed by atoms with Gasteiger partial charge in [-0.15, -0.1) is 0 Å². The molecule has 1 aromatic rings.